The van der Waals surface area contributed by atoms with Gasteiger partial charge in [-0.1, -0.05) is 36.4 Å². The van der Waals surface area contributed by atoms with E-state index in [-0.39, 0.29) is 18.0 Å². The summed E-state index contributed by atoms with van der Waals surface area (Å²) in [5.41, 5.74) is 9.37. The first-order valence-electron chi connectivity index (χ1n) is 12.4. The van der Waals surface area contributed by atoms with Crippen molar-refractivity contribution < 1.29 is 13.2 Å². The average Bonchev–Trinajstić information content (AvgIpc) is 3.39. The normalized spacial score (nSPS) is 11.6. The largest absolute Gasteiger partial charge is 0.377 e. The van der Waals surface area contributed by atoms with Crippen molar-refractivity contribution in [2.45, 2.75) is 11.4 Å². The number of nitrogen functional groups attached to an aromatic ring is 1. The number of carbonyl (C=O) groups excluding carboxylic acids is 1. The molecule has 3 aromatic carbocycles. The summed E-state index contributed by atoms with van der Waals surface area (Å²) in [5, 5.41) is 6.56. The summed E-state index contributed by atoms with van der Waals surface area (Å²) in [6, 6.07) is 21.5. The Balaban J connectivity index is 1.46. The number of sulfonamides is 1. The van der Waals surface area contributed by atoms with E-state index in [0.717, 1.165) is 22.3 Å². The second-order valence-corrected chi connectivity index (χ2v) is 12.1. The lowest BCUT2D eigenvalue weighted by Crippen LogP contribution is -2.37. The third kappa shape index (κ3) is 5.81. The number of nitrogens with two attached hydrogens (primary N) is 1. The molecule has 0 aliphatic rings. The Bertz CT molecular complexity index is 1750. The van der Waals surface area contributed by atoms with Gasteiger partial charge in [0.1, 0.15) is 0 Å². The minimum atomic E-state index is -4.10. The van der Waals surface area contributed by atoms with Gasteiger partial charge >= 0.3 is 0 Å². The van der Waals surface area contributed by atoms with Crippen molar-refractivity contribution >= 4 is 54.5 Å². The van der Waals surface area contributed by atoms with Crippen molar-refractivity contribution in [3.63, 3.8) is 0 Å². The van der Waals surface area contributed by atoms with E-state index in [4.69, 9.17) is 5.73 Å². The summed E-state index contributed by atoms with van der Waals surface area (Å²) < 4.78 is 29.6. The molecule has 9 nitrogen and oxygen atoms in total. The molecule has 0 saturated heterocycles. The third-order valence-electron chi connectivity index (χ3n) is 6.36. The minimum Gasteiger partial charge on any atom is -0.377 e. The molecule has 2 heterocycles. The fourth-order valence-electron chi connectivity index (χ4n) is 4.44. The molecule has 0 fully saturated rings. The topological polar surface area (TPSA) is 122 Å². The number of pyridine rings is 1. The Morgan fingerprint density at radius 2 is 1.68 bits per heavy atom. The summed E-state index contributed by atoms with van der Waals surface area (Å²) in [6.07, 6.45) is 3.19. The second-order valence-electron chi connectivity index (χ2n) is 9.35. The fraction of sp³-hybridized carbons (Fsp3) is 0.138. The van der Waals surface area contributed by atoms with Crippen molar-refractivity contribution in [2.24, 2.45) is 0 Å². The van der Waals surface area contributed by atoms with Gasteiger partial charge in [-0.2, -0.15) is 4.31 Å². The van der Waals surface area contributed by atoms with Gasteiger partial charge < -0.3 is 16.0 Å². The van der Waals surface area contributed by atoms with Crippen LogP contribution in [0.5, 0.6) is 0 Å². The maximum Gasteiger partial charge on any atom is 0.244 e. The van der Waals surface area contributed by atoms with Crippen molar-refractivity contribution in [3.8, 4) is 11.3 Å². The molecule has 204 valence electrons. The molecular weight excluding hydrogens is 544 g/mol. The molecule has 2 aromatic heterocycles. The predicted molar refractivity (Wildman–Crippen MR) is 161 cm³/mol. The Morgan fingerprint density at radius 3 is 2.33 bits per heavy atom. The fourth-order valence-corrected chi connectivity index (χ4v) is 6.62. The van der Waals surface area contributed by atoms with Gasteiger partial charge in [-0.05, 0) is 47.3 Å². The van der Waals surface area contributed by atoms with Crippen LogP contribution in [-0.4, -0.2) is 49.2 Å². The lowest BCUT2D eigenvalue weighted by Gasteiger charge is -2.24. The molecule has 0 aliphatic carbocycles. The van der Waals surface area contributed by atoms with Crippen molar-refractivity contribution in [3.05, 3.63) is 96.1 Å². The van der Waals surface area contributed by atoms with Crippen LogP contribution in [0.3, 0.4) is 0 Å². The van der Waals surface area contributed by atoms with Gasteiger partial charge in [0.25, 0.3) is 0 Å². The molecule has 40 heavy (non-hydrogen) atoms. The lowest BCUT2D eigenvalue weighted by atomic mass is 10.1. The maximum atomic E-state index is 14.2. The molecule has 3 N–H and O–H groups in total. The first-order valence-corrected chi connectivity index (χ1v) is 14.7. The summed E-state index contributed by atoms with van der Waals surface area (Å²) in [5.74, 6) is -0.462. The maximum absolute atomic E-state index is 14.2. The molecule has 0 atom stereocenters. The third-order valence-corrected chi connectivity index (χ3v) is 8.87. The number of carbonyl (C=O) groups is 1. The van der Waals surface area contributed by atoms with Gasteiger partial charge in [-0.25, -0.2) is 13.4 Å². The number of hydrogen-bond acceptors (Lipinski definition) is 8. The number of hydrogen-bond donors (Lipinski definition) is 2. The molecule has 5 aromatic rings. The van der Waals surface area contributed by atoms with Gasteiger partial charge in [0, 0.05) is 60.7 Å². The number of thiazole rings is 1. The zero-order chi connectivity index (χ0) is 28.3. The van der Waals surface area contributed by atoms with Crippen LogP contribution in [-0.2, 0) is 21.4 Å². The van der Waals surface area contributed by atoms with E-state index in [1.165, 1.54) is 15.6 Å². The van der Waals surface area contributed by atoms with Crippen LogP contribution in [0.1, 0.15) is 5.56 Å². The number of benzene rings is 3. The second kappa shape index (κ2) is 11.4. The van der Waals surface area contributed by atoms with Crippen LogP contribution < -0.4 is 16.0 Å². The monoisotopic (exact) mass is 572 g/mol. The highest BCUT2D eigenvalue weighted by molar-refractivity contribution is 7.89. The number of fused-ring (bicyclic) bond motifs is 1. The highest BCUT2D eigenvalue weighted by atomic mass is 32.2. The van der Waals surface area contributed by atoms with Crippen LogP contribution in [0.2, 0.25) is 0 Å². The van der Waals surface area contributed by atoms with Gasteiger partial charge in [-0.15, -0.1) is 11.3 Å². The molecule has 0 spiro atoms. The number of nitrogens with one attached hydrogen (secondary N) is 1. The molecule has 0 radical (unpaired) electrons. The van der Waals surface area contributed by atoms with E-state index in [9.17, 15) is 13.2 Å². The standard InChI is InChI=1S/C29H28N6O3S2/c1-34(2)25-7-3-5-22-6-4-8-26(28(22)25)40(37,38)35(17-20-13-15-31-16-14-20)18-27(36)32-23-11-9-21(10-12-23)24-19-39-29(30)33-24/h3-16,19H,17-18H2,1-2H3,(H2,30,33)(H,32,36). The zero-order valence-corrected chi connectivity index (χ0v) is 23.6. The Morgan fingerprint density at radius 1 is 0.975 bits per heavy atom. The minimum absolute atomic E-state index is 0.00295. The molecule has 0 unspecified atom stereocenters. The van der Waals surface area contributed by atoms with E-state index < -0.39 is 15.9 Å². The first kappa shape index (κ1) is 27.3. The van der Waals surface area contributed by atoms with E-state index in [2.05, 4.69) is 15.3 Å². The highest BCUT2D eigenvalue weighted by Gasteiger charge is 2.29. The molecule has 5 rings (SSSR count). The smallest absolute Gasteiger partial charge is 0.244 e. The van der Waals surface area contributed by atoms with Gasteiger partial charge in [-0.3, -0.25) is 9.78 Å². The Labute approximate surface area is 237 Å². The summed E-state index contributed by atoms with van der Waals surface area (Å²) in [6.45, 7) is -0.376. The first-order chi connectivity index (χ1) is 19.2. The van der Waals surface area contributed by atoms with Crippen LogP contribution in [0.25, 0.3) is 22.0 Å². The van der Waals surface area contributed by atoms with Crippen LogP contribution in [0, 0.1) is 0 Å². The molecule has 11 heteroatoms. The van der Waals surface area contributed by atoms with E-state index >= 15 is 0 Å². The Hall–Kier alpha value is -4.32. The van der Waals surface area contributed by atoms with Crippen molar-refractivity contribution in [2.75, 3.05) is 36.6 Å². The molecule has 1 amide bonds. The summed E-state index contributed by atoms with van der Waals surface area (Å²) in [4.78, 5) is 23.5. The van der Waals surface area contributed by atoms with E-state index in [0.29, 0.717) is 21.8 Å². The van der Waals surface area contributed by atoms with E-state index in [1.807, 2.05) is 60.8 Å². The molecule has 0 saturated carbocycles. The number of rotatable bonds is 9. The number of aromatic nitrogens is 2. The van der Waals surface area contributed by atoms with Gasteiger partial charge in [0.15, 0.2) is 5.13 Å². The van der Waals surface area contributed by atoms with Crippen molar-refractivity contribution in [1.29, 1.82) is 0 Å². The molecule has 0 aliphatic heterocycles. The quantitative estimate of drug-likeness (QED) is 0.259. The SMILES string of the molecule is CN(C)c1cccc2cccc(S(=O)(=O)N(CC(=O)Nc3ccc(-c4csc(N)n4)cc3)Cc3ccncc3)c12. The summed E-state index contributed by atoms with van der Waals surface area (Å²) >= 11 is 1.35. The number of anilines is 3. The highest BCUT2D eigenvalue weighted by Crippen LogP contribution is 2.33. The molecular formula is C29H28N6O3S2. The van der Waals surface area contributed by atoms with Crippen molar-refractivity contribution in [1.82, 2.24) is 14.3 Å². The van der Waals surface area contributed by atoms with E-state index in [1.54, 1.807) is 48.8 Å². The number of amides is 1. The van der Waals surface area contributed by atoms with Crippen LogP contribution in [0.4, 0.5) is 16.5 Å². The van der Waals surface area contributed by atoms with Gasteiger partial charge in [0.2, 0.25) is 15.9 Å². The lowest BCUT2D eigenvalue weighted by molar-refractivity contribution is -0.116. The van der Waals surface area contributed by atoms with Gasteiger partial charge in [0.05, 0.1) is 17.1 Å². The summed E-state index contributed by atoms with van der Waals surface area (Å²) in [7, 11) is -0.363. The van der Waals surface area contributed by atoms with Crippen LogP contribution >= 0.6 is 11.3 Å². The molecule has 0 bridgehead atoms. The average molecular weight is 573 g/mol. The zero-order valence-electron chi connectivity index (χ0n) is 22.0. The number of nitrogens with zero attached hydrogens (tertiary/aromatic N) is 4. The van der Waals surface area contributed by atoms with Crippen LogP contribution in [0.15, 0.2) is 95.5 Å². The predicted octanol–water partition coefficient (Wildman–Crippen LogP) is 4.84. The Kier molecular flexibility index (Phi) is 7.78.